The van der Waals surface area contributed by atoms with Crippen LogP contribution in [-0.4, -0.2) is 38.4 Å². The van der Waals surface area contributed by atoms with Crippen LogP contribution in [-0.2, 0) is 31.7 Å². The van der Waals surface area contributed by atoms with Crippen molar-refractivity contribution in [3.05, 3.63) is 63.9 Å². The van der Waals surface area contributed by atoms with E-state index < -0.39 is 15.7 Å². The fraction of sp³-hybridized carbons (Fsp3) is 0.300. The number of hydrogen-bond acceptors (Lipinski definition) is 5. The monoisotopic (exact) mass is 452 g/mol. The molecular weight excluding hydrogens is 432 g/mol. The fourth-order valence-corrected chi connectivity index (χ4v) is 5.52. The van der Waals surface area contributed by atoms with Crippen LogP contribution in [0.5, 0.6) is 0 Å². The Morgan fingerprint density at radius 3 is 2.69 bits per heavy atom. The summed E-state index contributed by atoms with van der Waals surface area (Å²) in [6, 6.07) is 14.4. The molecule has 0 unspecified atom stereocenters. The first kappa shape index (κ1) is 21.7. The summed E-state index contributed by atoms with van der Waals surface area (Å²) < 4.78 is 32.6. The van der Waals surface area contributed by atoms with Gasteiger partial charge in [0.05, 0.1) is 28.3 Å². The van der Waals surface area contributed by atoms with Gasteiger partial charge in [-0.2, -0.15) is 4.99 Å². The van der Waals surface area contributed by atoms with E-state index in [1.807, 2.05) is 22.8 Å². The van der Waals surface area contributed by atoms with Gasteiger partial charge >= 0.3 is 0 Å². The summed E-state index contributed by atoms with van der Waals surface area (Å²) >= 11 is 7.40. The lowest BCUT2D eigenvalue weighted by Gasteiger charge is -2.04. The average molecular weight is 453 g/mol. The van der Waals surface area contributed by atoms with Crippen molar-refractivity contribution >= 4 is 48.9 Å². The van der Waals surface area contributed by atoms with Gasteiger partial charge in [0.15, 0.2) is 14.6 Å². The number of halogens is 1. The number of carbonyl (C=O) groups excluding carboxylic acids is 1. The van der Waals surface area contributed by atoms with Crippen molar-refractivity contribution in [3.8, 4) is 0 Å². The number of methoxy groups -OCH3 is 1. The zero-order valence-corrected chi connectivity index (χ0v) is 18.3. The van der Waals surface area contributed by atoms with Gasteiger partial charge in [-0.15, -0.1) is 0 Å². The van der Waals surface area contributed by atoms with Crippen LogP contribution in [0.2, 0.25) is 5.02 Å². The zero-order chi connectivity index (χ0) is 20.9. The summed E-state index contributed by atoms with van der Waals surface area (Å²) in [7, 11) is -1.80. The van der Waals surface area contributed by atoms with Gasteiger partial charge in [0.2, 0.25) is 5.91 Å². The molecule has 0 saturated heterocycles. The Hall–Kier alpha value is -2.00. The van der Waals surface area contributed by atoms with E-state index in [1.54, 1.807) is 37.4 Å². The van der Waals surface area contributed by atoms with Gasteiger partial charge < -0.3 is 9.30 Å². The number of aromatic nitrogens is 1. The third kappa shape index (κ3) is 5.99. The average Bonchev–Trinajstić information content (AvgIpc) is 3.01. The fourth-order valence-electron chi connectivity index (χ4n) is 2.84. The molecule has 1 heterocycles. The van der Waals surface area contributed by atoms with Gasteiger partial charge in [-0.25, -0.2) is 8.42 Å². The van der Waals surface area contributed by atoms with E-state index in [0.717, 1.165) is 10.2 Å². The summed E-state index contributed by atoms with van der Waals surface area (Å²) in [5.41, 5.74) is 1.61. The Bertz CT molecular complexity index is 1170. The van der Waals surface area contributed by atoms with Crippen molar-refractivity contribution in [3.63, 3.8) is 0 Å². The Labute approximate surface area is 178 Å². The number of thiazole rings is 1. The second-order valence-corrected chi connectivity index (χ2v) is 10.1. The quantitative estimate of drug-likeness (QED) is 0.524. The second-order valence-electron chi connectivity index (χ2n) is 6.47. The molecular formula is C20H21ClN2O4S2. The highest BCUT2D eigenvalue weighted by atomic mass is 35.5. The maximum Gasteiger partial charge on any atom is 0.249 e. The van der Waals surface area contributed by atoms with Crippen LogP contribution in [0.3, 0.4) is 0 Å². The summed E-state index contributed by atoms with van der Waals surface area (Å²) in [4.78, 5) is 17.1. The number of sulfone groups is 1. The van der Waals surface area contributed by atoms with Crippen LogP contribution in [0.25, 0.3) is 10.2 Å². The molecule has 1 amide bonds. The Balaban J connectivity index is 1.78. The molecule has 9 heteroatoms. The molecule has 2 aromatic carbocycles. The Kier molecular flexibility index (Phi) is 7.23. The second kappa shape index (κ2) is 9.67. The zero-order valence-electron chi connectivity index (χ0n) is 15.9. The molecule has 3 rings (SSSR count). The lowest BCUT2D eigenvalue weighted by molar-refractivity contribution is -0.117. The molecule has 29 heavy (non-hydrogen) atoms. The predicted octanol–water partition coefficient (Wildman–Crippen LogP) is 3.44. The molecule has 6 nitrogen and oxygen atoms in total. The highest BCUT2D eigenvalue weighted by Crippen LogP contribution is 2.22. The van der Waals surface area contributed by atoms with E-state index in [1.165, 1.54) is 11.3 Å². The number of benzene rings is 2. The number of ether oxygens (including phenoxy) is 1. The summed E-state index contributed by atoms with van der Waals surface area (Å²) in [5, 5.41) is 0.600. The van der Waals surface area contributed by atoms with E-state index in [9.17, 15) is 13.2 Å². The number of fused-ring (bicyclic) bond motifs is 1. The highest BCUT2D eigenvalue weighted by molar-refractivity contribution is 7.90. The lowest BCUT2D eigenvalue weighted by Crippen LogP contribution is -2.20. The topological polar surface area (TPSA) is 77.7 Å². The van der Waals surface area contributed by atoms with Crippen molar-refractivity contribution in [1.82, 2.24) is 4.57 Å². The summed E-state index contributed by atoms with van der Waals surface area (Å²) in [6.07, 6.45) is -0.158. The van der Waals surface area contributed by atoms with E-state index in [4.69, 9.17) is 16.3 Å². The maximum absolute atomic E-state index is 12.4. The SMILES string of the molecule is COCCn1c(=NC(=O)CCS(=O)(=O)Cc2ccccc2)sc2cc(Cl)ccc21. The molecule has 0 aliphatic carbocycles. The van der Waals surface area contributed by atoms with Gasteiger partial charge in [-0.05, 0) is 23.8 Å². The first-order valence-electron chi connectivity index (χ1n) is 8.98. The number of hydrogen-bond donors (Lipinski definition) is 0. The van der Waals surface area contributed by atoms with E-state index in [0.29, 0.717) is 28.5 Å². The number of nitrogens with zero attached hydrogens (tertiary/aromatic N) is 2. The van der Waals surface area contributed by atoms with Gasteiger partial charge in [-0.3, -0.25) is 4.79 Å². The van der Waals surface area contributed by atoms with Crippen molar-refractivity contribution < 1.29 is 17.9 Å². The first-order chi connectivity index (χ1) is 13.9. The smallest absolute Gasteiger partial charge is 0.249 e. The minimum Gasteiger partial charge on any atom is -0.383 e. The largest absolute Gasteiger partial charge is 0.383 e. The summed E-state index contributed by atoms with van der Waals surface area (Å²) in [6.45, 7) is 0.984. The molecule has 0 atom stereocenters. The number of rotatable bonds is 8. The lowest BCUT2D eigenvalue weighted by atomic mass is 10.2. The molecule has 0 saturated carbocycles. The summed E-state index contributed by atoms with van der Waals surface area (Å²) in [5.74, 6) is -0.791. The molecule has 0 aliphatic rings. The first-order valence-corrected chi connectivity index (χ1v) is 12.0. The minimum atomic E-state index is -3.40. The molecule has 0 aliphatic heterocycles. The molecule has 0 N–H and O–H groups in total. The van der Waals surface area contributed by atoms with E-state index in [-0.39, 0.29) is 17.9 Å². The number of carbonyl (C=O) groups is 1. The molecule has 3 aromatic rings. The van der Waals surface area contributed by atoms with Gasteiger partial charge in [0.1, 0.15) is 0 Å². The molecule has 154 valence electrons. The van der Waals surface area contributed by atoms with Gasteiger partial charge in [0.25, 0.3) is 0 Å². The van der Waals surface area contributed by atoms with Crippen LogP contribution < -0.4 is 4.80 Å². The third-order valence-electron chi connectivity index (χ3n) is 4.24. The molecule has 0 fully saturated rings. The van der Waals surface area contributed by atoms with Crippen molar-refractivity contribution in [2.24, 2.45) is 4.99 Å². The molecule has 0 spiro atoms. The van der Waals surface area contributed by atoms with Gasteiger partial charge in [0, 0.05) is 25.1 Å². The number of amides is 1. The Morgan fingerprint density at radius 2 is 1.97 bits per heavy atom. The predicted molar refractivity (Wildman–Crippen MR) is 116 cm³/mol. The van der Waals surface area contributed by atoms with E-state index >= 15 is 0 Å². The van der Waals surface area contributed by atoms with Crippen LogP contribution in [0.1, 0.15) is 12.0 Å². The van der Waals surface area contributed by atoms with Crippen molar-refractivity contribution in [2.75, 3.05) is 19.5 Å². The molecule has 0 bridgehead atoms. The highest BCUT2D eigenvalue weighted by Gasteiger charge is 2.15. The van der Waals surface area contributed by atoms with Crippen LogP contribution >= 0.6 is 22.9 Å². The minimum absolute atomic E-state index is 0.0870. The molecule has 1 aromatic heterocycles. The Morgan fingerprint density at radius 1 is 1.21 bits per heavy atom. The van der Waals surface area contributed by atoms with Gasteiger partial charge in [-0.1, -0.05) is 53.3 Å². The van der Waals surface area contributed by atoms with Crippen LogP contribution in [0.4, 0.5) is 0 Å². The van der Waals surface area contributed by atoms with Crippen molar-refractivity contribution in [2.45, 2.75) is 18.7 Å². The standard InChI is InChI=1S/C20H21ClN2O4S2/c1-27-11-10-23-17-8-7-16(21)13-18(17)28-20(23)22-19(24)9-12-29(25,26)14-15-5-3-2-4-6-15/h2-8,13H,9-12,14H2,1H3. The van der Waals surface area contributed by atoms with Crippen LogP contribution in [0, 0.1) is 0 Å². The van der Waals surface area contributed by atoms with Crippen molar-refractivity contribution in [1.29, 1.82) is 0 Å². The third-order valence-corrected chi connectivity index (χ3v) is 7.12. The normalized spacial score (nSPS) is 12.6. The van der Waals surface area contributed by atoms with E-state index in [2.05, 4.69) is 4.99 Å². The maximum atomic E-state index is 12.4. The molecule has 0 radical (unpaired) electrons. The van der Waals surface area contributed by atoms with Crippen LogP contribution in [0.15, 0.2) is 53.5 Å².